The number of hydrogen-bond acceptors (Lipinski definition) is 1. The van der Waals surface area contributed by atoms with Crippen LogP contribution < -0.4 is 4.74 Å². The Morgan fingerprint density at radius 2 is 1.42 bits per heavy atom. The van der Waals surface area contributed by atoms with Crippen LogP contribution in [0.4, 0.5) is 22.0 Å². The first-order valence-corrected chi connectivity index (χ1v) is 12.1. The van der Waals surface area contributed by atoms with Crippen LogP contribution in [0.25, 0.3) is 11.1 Å². The van der Waals surface area contributed by atoms with Gasteiger partial charge in [0.15, 0.2) is 17.5 Å². The lowest BCUT2D eigenvalue weighted by molar-refractivity contribution is -0.224. The van der Waals surface area contributed by atoms with E-state index in [1.165, 1.54) is 56.4 Å². The number of alkyl halides is 2. The van der Waals surface area contributed by atoms with E-state index in [2.05, 4.69) is 6.92 Å². The molecule has 2 saturated carbocycles. The summed E-state index contributed by atoms with van der Waals surface area (Å²) in [6, 6.07) is 7.30. The van der Waals surface area contributed by atoms with Gasteiger partial charge in [-0.15, -0.1) is 0 Å². The third-order valence-electron chi connectivity index (χ3n) is 7.62. The maximum Gasteiger partial charge on any atom is 0.400 e. The molecule has 2 aliphatic carbocycles. The lowest BCUT2D eigenvalue weighted by Crippen LogP contribution is -2.38. The maximum atomic E-state index is 14.9. The fourth-order valence-corrected chi connectivity index (χ4v) is 5.82. The molecule has 1 nitrogen and oxygen atoms in total. The third-order valence-corrected chi connectivity index (χ3v) is 7.62. The van der Waals surface area contributed by atoms with E-state index in [1.54, 1.807) is 0 Å². The Morgan fingerprint density at radius 1 is 0.818 bits per heavy atom. The van der Waals surface area contributed by atoms with Crippen LogP contribution >= 0.6 is 0 Å². The molecule has 0 N–H and O–H groups in total. The number of rotatable bonds is 7. The van der Waals surface area contributed by atoms with E-state index in [0.29, 0.717) is 30.2 Å². The molecule has 0 spiro atoms. The molecular formula is C27H31F5O. The second kappa shape index (κ2) is 10.0. The molecule has 0 aliphatic heterocycles. The van der Waals surface area contributed by atoms with Gasteiger partial charge in [-0.3, -0.25) is 0 Å². The predicted octanol–water partition coefficient (Wildman–Crippen LogP) is 8.77. The molecule has 0 bridgehead atoms. The van der Waals surface area contributed by atoms with Crippen LogP contribution in [0.2, 0.25) is 0 Å². The fraction of sp³-hybridized carbons (Fsp3) is 0.556. The van der Waals surface area contributed by atoms with E-state index in [0.717, 1.165) is 30.9 Å². The summed E-state index contributed by atoms with van der Waals surface area (Å²) < 4.78 is 74.9. The molecule has 2 unspecified atom stereocenters. The van der Waals surface area contributed by atoms with Crippen molar-refractivity contribution in [3.05, 3.63) is 53.8 Å². The summed E-state index contributed by atoms with van der Waals surface area (Å²) in [5, 5.41) is 0. The lowest BCUT2D eigenvalue weighted by atomic mass is 9.74. The highest BCUT2D eigenvalue weighted by atomic mass is 19.3. The van der Waals surface area contributed by atoms with Gasteiger partial charge in [-0.05, 0) is 91.7 Å². The van der Waals surface area contributed by atoms with Crippen molar-refractivity contribution in [1.29, 1.82) is 0 Å². The third kappa shape index (κ3) is 5.52. The van der Waals surface area contributed by atoms with Gasteiger partial charge in [0.1, 0.15) is 5.75 Å². The van der Waals surface area contributed by atoms with Crippen molar-refractivity contribution in [2.45, 2.75) is 70.8 Å². The Bertz CT molecular complexity index is 911. The van der Waals surface area contributed by atoms with Crippen LogP contribution in [0.3, 0.4) is 0 Å². The van der Waals surface area contributed by atoms with E-state index < -0.39 is 29.5 Å². The molecule has 0 saturated heterocycles. The van der Waals surface area contributed by atoms with Gasteiger partial charge in [0, 0.05) is 0 Å². The Kier molecular flexibility index (Phi) is 7.30. The zero-order chi connectivity index (χ0) is 23.6. The Labute approximate surface area is 192 Å². The first kappa shape index (κ1) is 24.0. The van der Waals surface area contributed by atoms with Crippen LogP contribution in [0.1, 0.15) is 64.7 Å². The van der Waals surface area contributed by atoms with Crippen molar-refractivity contribution < 1.29 is 26.7 Å². The topological polar surface area (TPSA) is 9.23 Å². The molecule has 2 aromatic rings. The number of benzene rings is 2. The van der Waals surface area contributed by atoms with Gasteiger partial charge < -0.3 is 4.74 Å². The Hall–Kier alpha value is -2.11. The second-order valence-electron chi connectivity index (χ2n) is 9.78. The average molecular weight is 467 g/mol. The normalized spacial score (nSPS) is 25.9. The summed E-state index contributed by atoms with van der Waals surface area (Å²) in [6.07, 6.45) is 5.56. The molecule has 2 aliphatic rings. The van der Waals surface area contributed by atoms with Gasteiger partial charge in [-0.2, -0.15) is 8.78 Å². The second-order valence-corrected chi connectivity index (χ2v) is 9.78. The van der Waals surface area contributed by atoms with E-state index in [4.69, 9.17) is 4.74 Å². The van der Waals surface area contributed by atoms with E-state index in [9.17, 15) is 22.0 Å². The molecule has 0 amide bonds. The summed E-state index contributed by atoms with van der Waals surface area (Å²) in [4.78, 5) is 0. The maximum absolute atomic E-state index is 14.9. The van der Waals surface area contributed by atoms with Crippen LogP contribution in [0.15, 0.2) is 36.4 Å². The highest BCUT2D eigenvalue weighted by molar-refractivity contribution is 5.64. The first-order valence-electron chi connectivity index (χ1n) is 12.1. The fourth-order valence-electron chi connectivity index (χ4n) is 5.82. The summed E-state index contributed by atoms with van der Waals surface area (Å²) >= 11 is 0. The smallest absolute Gasteiger partial charge is 0.400 e. The van der Waals surface area contributed by atoms with Crippen LogP contribution in [-0.4, -0.2) is 6.11 Å². The summed E-state index contributed by atoms with van der Waals surface area (Å²) in [5.41, 5.74) is 0.498. The van der Waals surface area contributed by atoms with Crippen molar-refractivity contribution in [3.63, 3.8) is 0 Å². The summed E-state index contributed by atoms with van der Waals surface area (Å²) in [7, 11) is 0. The van der Waals surface area contributed by atoms with Crippen LogP contribution in [-0.2, 0) is 0 Å². The quantitative estimate of drug-likeness (QED) is 0.293. The van der Waals surface area contributed by atoms with Crippen LogP contribution in [0, 0.1) is 41.1 Å². The van der Waals surface area contributed by atoms with Gasteiger partial charge in [-0.1, -0.05) is 38.3 Å². The van der Waals surface area contributed by atoms with Crippen molar-refractivity contribution in [1.82, 2.24) is 0 Å². The molecule has 0 aromatic heterocycles. The highest BCUT2D eigenvalue weighted by Crippen LogP contribution is 2.47. The Balaban J connectivity index is 1.33. The predicted molar refractivity (Wildman–Crippen MR) is 119 cm³/mol. The first-order chi connectivity index (χ1) is 15.8. The van der Waals surface area contributed by atoms with Crippen molar-refractivity contribution >= 4 is 0 Å². The molecule has 0 radical (unpaired) electrons. The SMILES string of the molecule is CCCC1CCC(C2CCC(C(F)(F)Oc3ccc(-c4cc(F)c(F)c(F)c4)cc3)CC2)C1. The van der Waals surface area contributed by atoms with Crippen molar-refractivity contribution in [3.8, 4) is 16.9 Å². The largest absolute Gasteiger partial charge is 0.432 e. The van der Waals surface area contributed by atoms with Crippen molar-refractivity contribution in [2.24, 2.45) is 23.7 Å². The minimum Gasteiger partial charge on any atom is -0.432 e. The molecule has 2 atom stereocenters. The summed E-state index contributed by atoms with van der Waals surface area (Å²) in [5.74, 6) is -2.92. The monoisotopic (exact) mass is 466 g/mol. The molecule has 33 heavy (non-hydrogen) atoms. The van der Waals surface area contributed by atoms with Gasteiger partial charge >= 0.3 is 6.11 Å². The van der Waals surface area contributed by atoms with E-state index in [1.807, 2.05) is 0 Å². The van der Waals surface area contributed by atoms with Crippen molar-refractivity contribution in [2.75, 3.05) is 0 Å². The van der Waals surface area contributed by atoms with Gasteiger partial charge in [-0.25, -0.2) is 13.2 Å². The molecule has 4 rings (SSSR count). The number of ether oxygens (including phenoxy) is 1. The van der Waals surface area contributed by atoms with Gasteiger partial charge in [0.05, 0.1) is 5.92 Å². The van der Waals surface area contributed by atoms with Crippen LogP contribution in [0.5, 0.6) is 5.75 Å². The summed E-state index contributed by atoms with van der Waals surface area (Å²) in [6.45, 7) is 2.22. The molecule has 6 heteroatoms. The molecule has 2 aromatic carbocycles. The lowest BCUT2D eigenvalue weighted by Gasteiger charge is -2.35. The number of halogens is 5. The average Bonchev–Trinajstić information content (AvgIpc) is 3.26. The zero-order valence-corrected chi connectivity index (χ0v) is 18.9. The Morgan fingerprint density at radius 3 is 2.03 bits per heavy atom. The molecule has 2 fully saturated rings. The highest BCUT2D eigenvalue weighted by Gasteiger charge is 2.45. The number of hydrogen-bond donors (Lipinski definition) is 0. The van der Waals surface area contributed by atoms with Gasteiger partial charge in [0.2, 0.25) is 0 Å². The van der Waals surface area contributed by atoms with E-state index >= 15 is 0 Å². The minimum atomic E-state index is -3.28. The minimum absolute atomic E-state index is 0.00729. The standard InChI is InChI=1S/C27H31F5O/c1-2-3-17-4-5-20(14-17)18-6-10-22(11-7-18)27(31,32)33-23-12-8-19(9-13-23)21-15-24(28)26(30)25(29)16-21/h8-9,12-13,15-18,20,22H,2-7,10-11,14H2,1H3. The van der Waals surface area contributed by atoms with Gasteiger partial charge in [0.25, 0.3) is 0 Å². The van der Waals surface area contributed by atoms with E-state index in [-0.39, 0.29) is 11.3 Å². The molecular weight excluding hydrogens is 435 g/mol. The molecule has 180 valence electrons. The molecule has 0 heterocycles. The zero-order valence-electron chi connectivity index (χ0n) is 18.9.